The fourth-order valence-corrected chi connectivity index (χ4v) is 1.49. The van der Waals surface area contributed by atoms with Crippen LogP contribution in [0, 0.1) is 0 Å². The highest BCUT2D eigenvalue weighted by atomic mass is 16.5. The monoisotopic (exact) mass is 255 g/mol. The molecule has 1 heterocycles. The number of nitrogens with zero attached hydrogens (tertiary/aromatic N) is 1. The molecular weight excluding hydrogens is 242 g/mol. The summed E-state index contributed by atoms with van der Waals surface area (Å²) in [7, 11) is 0. The van der Waals surface area contributed by atoms with Gasteiger partial charge in [-0.25, -0.2) is 9.78 Å². The molecule has 96 valence electrons. The smallest absolute Gasteiger partial charge is 0.328 e. The van der Waals surface area contributed by atoms with Gasteiger partial charge in [-0.1, -0.05) is 36.4 Å². The number of benzene rings is 1. The predicted octanol–water partition coefficient (Wildman–Crippen LogP) is 2.76. The Morgan fingerprint density at radius 1 is 1.16 bits per heavy atom. The SMILES string of the molecule is O=C(O)C=Cc1cccc(OCc2ccccc2)n1. The summed E-state index contributed by atoms with van der Waals surface area (Å²) in [4.78, 5) is 14.6. The zero-order valence-electron chi connectivity index (χ0n) is 10.2. The van der Waals surface area contributed by atoms with Gasteiger partial charge in [-0.15, -0.1) is 0 Å². The van der Waals surface area contributed by atoms with Crippen molar-refractivity contribution in [3.63, 3.8) is 0 Å². The Bertz CT molecular complexity index is 579. The van der Waals surface area contributed by atoms with Gasteiger partial charge in [-0.2, -0.15) is 0 Å². The maximum absolute atomic E-state index is 10.4. The van der Waals surface area contributed by atoms with Crippen LogP contribution in [0.5, 0.6) is 5.88 Å². The Hall–Kier alpha value is -2.62. The highest BCUT2D eigenvalue weighted by Crippen LogP contribution is 2.11. The molecule has 0 unspecified atom stereocenters. The third-order valence-corrected chi connectivity index (χ3v) is 2.37. The molecule has 0 aliphatic rings. The number of rotatable bonds is 5. The summed E-state index contributed by atoms with van der Waals surface area (Å²) < 4.78 is 5.55. The maximum Gasteiger partial charge on any atom is 0.328 e. The van der Waals surface area contributed by atoms with E-state index < -0.39 is 5.97 Å². The van der Waals surface area contributed by atoms with Crippen molar-refractivity contribution in [1.29, 1.82) is 0 Å². The molecule has 0 saturated carbocycles. The summed E-state index contributed by atoms with van der Waals surface area (Å²) in [6.45, 7) is 0.430. The number of aliphatic carboxylic acids is 1. The van der Waals surface area contributed by atoms with Crippen molar-refractivity contribution in [3.8, 4) is 5.88 Å². The summed E-state index contributed by atoms with van der Waals surface area (Å²) in [5, 5.41) is 8.55. The second kappa shape index (κ2) is 6.35. The minimum atomic E-state index is -1.00. The first-order valence-corrected chi connectivity index (χ1v) is 5.79. The molecule has 1 aromatic heterocycles. The van der Waals surface area contributed by atoms with Crippen molar-refractivity contribution in [2.24, 2.45) is 0 Å². The minimum absolute atomic E-state index is 0.430. The lowest BCUT2D eigenvalue weighted by Gasteiger charge is -2.05. The lowest BCUT2D eigenvalue weighted by Crippen LogP contribution is -1.97. The molecule has 0 spiro atoms. The van der Waals surface area contributed by atoms with Gasteiger partial charge in [0, 0.05) is 12.1 Å². The Kier molecular flexibility index (Phi) is 4.29. The topological polar surface area (TPSA) is 59.4 Å². The van der Waals surface area contributed by atoms with Gasteiger partial charge in [0.1, 0.15) is 6.61 Å². The summed E-state index contributed by atoms with van der Waals surface area (Å²) in [6, 6.07) is 15.0. The largest absolute Gasteiger partial charge is 0.478 e. The van der Waals surface area contributed by atoms with Gasteiger partial charge >= 0.3 is 5.97 Å². The number of carboxylic acids is 1. The molecule has 1 N–H and O–H groups in total. The molecule has 0 atom stereocenters. The Labute approximate surface area is 111 Å². The van der Waals surface area contributed by atoms with Crippen molar-refractivity contribution in [2.45, 2.75) is 6.61 Å². The Morgan fingerprint density at radius 2 is 1.95 bits per heavy atom. The second-order valence-electron chi connectivity index (χ2n) is 3.85. The van der Waals surface area contributed by atoms with Crippen LogP contribution in [0.3, 0.4) is 0 Å². The molecule has 4 nitrogen and oxygen atoms in total. The molecule has 0 fully saturated rings. The number of ether oxygens (including phenoxy) is 1. The van der Waals surface area contributed by atoms with E-state index in [1.54, 1.807) is 18.2 Å². The normalized spacial score (nSPS) is 10.5. The van der Waals surface area contributed by atoms with Crippen LogP contribution in [0.25, 0.3) is 6.08 Å². The van der Waals surface area contributed by atoms with Crippen LogP contribution in [0.4, 0.5) is 0 Å². The molecule has 0 aliphatic carbocycles. The lowest BCUT2D eigenvalue weighted by atomic mass is 10.2. The molecule has 0 aliphatic heterocycles. The van der Waals surface area contributed by atoms with Crippen LogP contribution in [0.2, 0.25) is 0 Å². The molecular formula is C15H13NO3. The van der Waals surface area contributed by atoms with Crippen LogP contribution < -0.4 is 4.74 Å². The Morgan fingerprint density at radius 3 is 2.68 bits per heavy atom. The van der Waals surface area contributed by atoms with Crippen molar-refractivity contribution in [1.82, 2.24) is 4.98 Å². The first-order chi connectivity index (χ1) is 9.24. The van der Waals surface area contributed by atoms with E-state index in [1.165, 1.54) is 6.08 Å². The number of hydrogen-bond donors (Lipinski definition) is 1. The van der Waals surface area contributed by atoms with E-state index in [9.17, 15) is 4.79 Å². The fraction of sp³-hybridized carbons (Fsp3) is 0.0667. The minimum Gasteiger partial charge on any atom is -0.478 e. The van der Waals surface area contributed by atoms with Gasteiger partial charge in [0.25, 0.3) is 0 Å². The number of carboxylic acid groups (broad SMARTS) is 1. The molecule has 19 heavy (non-hydrogen) atoms. The molecule has 0 saturated heterocycles. The van der Waals surface area contributed by atoms with Crippen LogP contribution in [0.1, 0.15) is 11.3 Å². The molecule has 1 aromatic carbocycles. The van der Waals surface area contributed by atoms with E-state index in [0.717, 1.165) is 11.6 Å². The van der Waals surface area contributed by atoms with Crippen LogP contribution in [-0.4, -0.2) is 16.1 Å². The van der Waals surface area contributed by atoms with Crippen molar-refractivity contribution >= 4 is 12.0 Å². The van der Waals surface area contributed by atoms with Gasteiger partial charge in [0.05, 0.1) is 5.69 Å². The summed E-state index contributed by atoms with van der Waals surface area (Å²) >= 11 is 0. The molecule has 2 aromatic rings. The van der Waals surface area contributed by atoms with Gasteiger partial charge in [-0.3, -0.25) is 0 Å². The van der Waals surface area contributed by atoms with Crippen molar-refractivity contribution in [3.05, 3.63) is 65.9 Å². The maximum atomic E-state index is 10.4. The molecule has 0 radical (unpaired) electrons. The third-order valence-electron chi connectivity index (χ3n) is 2.37. The van der Waals surface area contributed by atoms with E-state index in [0.29, 0.717) is 18.2 Å². The average Bonchev–Trinajstić information content (AvgIpc) is 2.44. The lowest BCUT2D eigenvalue weighted by molar-refractivity contribution is -0.131. The van der Waals surface area contributed by atoms with Gasteiger partial charge < -0.3 is 9.84 Å². The van der Waals surface area contributed by atoms with Gasteiger partial charge in [0.15, 0.2) is 0 Å². The van der Waals surface area contributed by atoms with Gasteiger partial charge in [0.2, 0.25) is 5.88 Å². The Balaban J connectivity index is 2.01. The van der Waals surface area contributed by atoms with Crippen molar-refractivity contribution < 1.29 is 14.6 Å². The molecule has 4 heteroatoms. The molecule has 2 rings (SSSR count). The average molecular weight is 255 g/mol. The van der Waals surface area contributed by atoms with E-state index >= 15 is 0 Å². The number of hydrogen-bond acceptors (Lipinski definition) is 3. The van der Waals surface area contributed by atoms with Crippen LogP contribution in [-0.2, 0) is 11.4 Å². The number of aromatic nitrogens is 1. The summed E-state index contributed by atoms with van der Waals surface area (Å²) in [5.74, 6) is -0.534. The standard InChI is InChI=1S/C15H13NO3/c17-15(18)10-9-13-7-4-8-14(16-13)19-11-12-5-2-1-3-6-12/h1-10H,11H2,(H,17,18). The van der Waals surface area contributed by atoms with Crippen LogP contribution in [0.15, 0.2) is 54.6 Å². The first-order valence-electron chi connectivity index (χ1n) is 5.79. The second-order valence-corrected chi connectivity index (χ2v) is 3.85. The molecule has 0 bridgehead atoms. The van der Waals surface area contributed by atoms with Gasteiger partial charge in [-0.05, 0) is 17.7 Å². The zero-order valence-corrected chi connectivity index (χ0v) is 10.2. The summed E-state index contributed by atoms with van der Waals surface area (Å²) in [5.41, 5.74) is 1.60. The highest BCUT2D eigenvalue weighted by molar-refractivity contribution is 5.84. The zero-order chi connectivity index (χ0) is 13.5. The third kappa shape index (κ3) is 4.27. The fourth-order valence-electron chi connectivity index (χ4n) is 1.49. The van der Waals surface area contributed by atoms with E-state index in [2.05, 4.69) is 4.98 Å². The van der Waals surface area contributed by atoms with E-state index in [4.69, 9.17) is 9.84 Å². The van der Waals surface area contributed by atoms with Crippen molar-refractivity contribution in [2.75, 3.05) is 0 Å². The van der Waals surface area contributed by atoms with Crippen LogP contribution >= 0.6 is 0 Å². The quantitative estimate of drug-likeness (QED) is 0.834. The summed E-state index contributed by atoms with van der Waals surface area (Å²) in [6.07, 6.45) is 2.47. The number of pyridine rings is 1. The number of carbonyl (C=O) groups is 1. The highest BCUT2D eigenvalue weighted by Gasteiger charge is 1.98. The predicted molar refractivity (Wildman–Crippen MR) is 71.7 cm³/mol. The van der Waals surface area contributed by atoms with E-state index in [1.807, 2.05) is 30.3 Å². The molecule has 0 amide bonds. The van der Waals surface area contributed by atoms with E-state index in [-0.39, 0.29) is 0 Å². The first kappa shape index (κ1) is 12.8.